The number of rotatable bonds is 7. The van der Waals surface area contributed by atoms with Gasteiger partial charge in [0.2, 0.25) is 5.91 Å². The molecule has 2 heterocycles. The van der Waals surface area contributed by atoms with Gasteiger partial charge in [-0.05, 0) is 18.2 Å². The number of furan rings is 1. The molecule has 3 N–H and O–H groups in total. The third-order valence-corrected chi connectivity index (χ3v) is 4.04. The van der Waals surface area contributed by atoms with Crippen molar-refractivity contribution in [1.82, 2.24) is 10.2 Å². The Morgan fingerprint density at radius 2 is 2.12 bits per heavy atom. The van der Waals surface area contributed by atoms with Crippen molar-refractivity contribution in [3.63, 3.8) is 0 Å². The molecule has 2 amide bonds. The molecule has 0 radical (unpaired) electrons. The Labute approximate surface area is 157 Å². The first-order valence-electron chi connectivity index (χ1n) is 8.19. The summed E-state index contributed by atoms with van der Waals surface area (Å²) in [5.74, 6) is 1.07. The maximum atomic E-state index is 12.2. The summed E-state index contributed by atoms with van der Waals surface area (Å²) in [6, 6.07) is 10.8. The molecule has 0 spiro atoms. The summed E-state index contributed by atoms with van der Waals surface area (Å²) in [4.78, 5) is 26.0. The van der Waals surface area contributed by atoms with E-state index < -0.39 is 0 Å². The van der Waals surface area contributed by atoms with E-state index in [4.69, 9.17) is 14.9 Å². The second kappa shape index (κ2) is 9.26. The Balaban J connectivity index is 0.00000243. The van der Waals surface area contributed by atoms with Gasteiger partial charge in [0.1, 0.15) is 24.4 Å². The average molecular weight is 380 g/mol. The highest BCUT2D eigenvalue weighted by molar-refractivity contribution is 5.94. The standard InChI is InChI=1S/C18H21N3O4.ClH/c19-10-16-8-13(12-25-16)18(23)20-14-9-17(22)21(11-14)6-7-24-15-4-2-1-3-5-15;/h1-5,8,12,14H,6-7,9-11,19H2,(H,20,23);1H. The maximum Gasteiger partial charge on any atom is 0.254 e. The van der Waals surface area contributed by atoms with E-state index in [2.05, 4.69) is 5.32 Å². The second-order valence-electron chi connectivity index (χ2n) is 5.88. The van der Waals surface area contributed by atoms with Gasteiger partial charge in [0.05, 0.1) is 24.7 Å². The van der Waals surface area contributed by atoms with Crippen molar-refractivity contribution in [2.24, 2.45) is 5.73 Å². The molecule has 1 atom stereocenters. The first-order chi connectivity index (χ1) is 12.2. The van der Waals surface area contributed by atoms with Crippen LogP contribution in [0.25, 0.3) is 0 Å². The molecule has 1 aromatic heterocycles. The minimum Gasteiger partial charge on any atom is -0.492 e. The van der Waals surface area contributed by atoms with Crippen LogP contribution in [-0.2, 0) is 11.3 Å². The molecule has 0 bridgehead atoms. The number of para-hydroxylation sites is 1. The van der Waals surface area contributed by atoms with Crippen molar-refractivity contribution in [1.29, 1.82) is 0 Å². The predicted octanol–water partition coefficient (Wildman–Crippen LogP) is 1.57. The van der Waals surface area contributed by atoms with Crippen LogP contribution >= 0.6 is 12.4 Å². The van der Waals surface area contributed by atoms with Gasteiger partial charge >= 0.3 is 0 Å². The quantitative estimate of drug-likeness (QED) is 0.761. The van der Waals surface area contributed by atoms with Gasteiger partial charge in [-0.2, -0.15) is 0 Å². The van der Waals surface area contributed by atoms with Crippen LogP contribution in [-0.4, -0.2) is 42.5 Å². The van der Waals surface area contributed by atoms with Crippen LogP contribution in [0.4, 0.5) is 0 Å². The highest BCUT2D eigenvalue weighted by Crippen LogP contribution is 2.14. The molecule has 1 aliphatic heterocycles. The minimum absolute atomic E-state index is 0. The van der Waals surface area contributed by atoms with E-state index in [9.17, 15) is 9.59 Å². The number of nitrogens with two attached hydrogens (primary N) is 1. The summed E-state index contributed by atoms with van der Waals surface area (Å²) in [5, 5.41) is 2.86. The number of ether oxygens (including phenoxy) is 1. The van der Waals surface area contributed by atoms with Crippen LogP contribution in [0.2, 0.25) is 0 Å². The molecular formula is C18H22ClN3O4. The molecule has 1 unspecified atom stereocenters. The maximum absolute atomic E-state index is 12.2. The van der Waals surface area contributed by atoms with Crippen LogP contribution in [0.15, 0.2) is 47.1 Å². The van der Waals surface area contributed by atoms with Gasteiger partial charge in [-0.3, -0.25) is 9.59 Å². The predicted molar refractivity (Wildman–Crippen MR) is 98.2 cm³/mol. The molecule has 0 saturated carbocycles. The number of likely N-dealkylation sites (tertiary alicyclic amines) is 1. The number of carbonyl (C=O) groups is 2. The summed E-state index contributed by atoms with van der Waals surface area (Å²) in [7, 11) is 0. The number of hydrogen-bond acceptors (Lipinski definition) is 5. The summed E-state index contributed by atoms with van der Waals surface area (Å²) < 4.78 is 10.8. The summed E-state index contributed by atoms with van der Waals surface area (Å²) in [6.07, 6.45) is 1.67. The fourth-order valence-electron chi connectivity index (χ4n) is 2.75. The Bertz CT molecular complexity index is 735. The highest BCUT2D eigenvalue weighted by atomic mass is 35.5. The van der Waals surface area contributed by atoms with Crippen LogP contribution in [0, 0.1) is 0 Å². The lowest BCUT2D eigenvalue weighted by Crippen LogP contribution is -2.37. The number of nitrogens with zero attached hydrogens (tertiary/aromatic N) is 1. The van der Waals surface area contributed by atoms with Crippen molar-refractivity contribution >= 4 is 24.2 Å². The largest absolute Gasteiger partial charge is 0.492 e. The topological polar surface area (TPSA) is 97.8 Å². The Morgan fingerprint density at radius 3 is 2.81 bits per heavy atom. The first kappa shape index (κ1) is 19.8. The summed E-state index contributed by atoms with van der Waals surface area (Å²) >= 11 is 0. The lowest BCUT2D eigenvalue weighted by atomic mass is 10.2. The van der Waals surface area contributed by atoms with E-state index in [1.165, 1.54) is 6.26 Å². The van der Waals surface area contributed by atoms with Crippen LogP contribution in [0.3, 0.4) is 0 Å². The first-order valence-corrected chi connectivity index (χ1v) is 8.19. The monoisotopic (exact) mass is 379 g/mol. The molecule has 8 heteroatoms. The number of halogens is 1. The van der Waals surface area contributed by atoms with Gasteiger partial charge in [0.15, 0.2) is 0 Å². The van der Waals surface area contributed by atoms with Gasteiger partial charge in [-0.15, -0.1) is 12.4 Å². The Morgan fingerprint density at radius 1 is 1.35 bits per heavy atom. The molecule has 140 valence electrons. The zero-order valence-electron chi connectivity index (χ0n) is 14.2. The van der Waals surface area contributed by atoms with Crippen molar-refractivity contribution in [3.8, 4) is 5.75 Å². The number of benzene rings is 1. The summed E-state index contributed by atoms with van der Waals surface area (Å²) in [6.45, 7) is 1.62. The fraction of sp³-hybridized carbons (Fsp3) is 0.333. The molecular weight excluding hydrogens is 358 g/mol. The van der Waals surface area contributed by atoms with E-state index >= 15 is 0 Å². The molecule has 1 aliphatic rings. The third-order valence-electron chi connectivity index (χ3n) is 4.04. The van der Waals surface area contributed by atoms with Crippen molar-refractivity contribution in [3.05, 3.63) is 54.0 Å². The van der Waals surface area contributed by atoms with E-state index in [0.717, 1.165) is 5.75 Å². The van der Waals surface area contributed by atoms with Crippen molar-refractivity contribution in [2.75, 3.05) is 19.7 Å². The van der Waals surface area contributed by atoms with Crippen LogP contribution < -0.4 is 15.8 Å². The second-order valence-corrected chi connectivity index (χ2v) is 5.88. The normalized spacial score (nSPS) is 16.3. The molecule has 7 nitrogen and oxygen atoms in total. The number of nitrogens with one attached hydrogen (secondary N) is 1. The van der Waals surface area contributed by atoms with E-state index in [1.807, 2.05) is 30.3 Å². The molecule has 0 aliphatic carbocycles. The third kappa shape index (κ3) is 5.00. The lowest BCUT2D eigenvalue weighted by Gasteiger charge is -2.17. The van der Waals surface area contributed by atoms with Crippen LogP contribution in [0.5, 0.6) is 5.75 Å². The Hall–Kier alpha value is -2.51. The number of carbonyl (C=O) groups excluding carboxylic acids is 2. The average Bonchev–Trinajstić information content (AvgIpc) is 3.23. The zero-order valence-corrected chi connectivity index (χ0v) is 15.0. The Kier molecular flexibility index (Phi) is 7.06. The van der Waals surface area contributed by atoms with Gasteiger partial charge in [0.25, 0.3) is 5.91 Å². The summed E-state index contributed by atoms with van der Waals surface area (Å²) in [5.41, 5.74) is 5.88. The number of amides is 2. The van der Waals surface area contributed by atoms with E-state index in [0.29, 0.717) is 37.4 Å². The minimum atomic E-state index is -0.261. The van der Waals surface area contributed by atoms with Crippen molar-refractivity contribution in [2.45, 2.75) is 19.0 Å². The van der Waals surface area contributed by atoms with Gasteiger partial charge in [-0.25, -0.2) is 0 Å². The molecule has 26 heavy (non-hydrogen) atoms. The zero-order chi connectivity index (χ0) is 17.6. The SMILES string of the molecule is Cl.NCc1cc(C(=O)NC2CC(=O)N(CCOc3ccccc3)C2)co1. The molecule has 3 rings (SSSR count). The molecule has 2 aromatic rings. The van der Waals surface area contributed by atoms with Gasteiger partial charge < -0.3 is 25.1 Å². The van der Waals surface area contributed by atoms with Gasteiger partial charge in [-0.1, -0.05) is 18.2 Å². The highest BCUT2D eigenvalue weighted by Gasteiger charge is 2.30. The molecule has 1 fully saturated rings. The fourth-order valence-corrected chi connectivity index (χ4v) is 2.75. The lowest BCUT2D eigenvalue weighted by molar-refractivity contribution is -0.128. The van der Waals surface area contributed by atoms with E-state index in [-0.39, 0.29) is 36.8 Å². The molecule has 1 aromatic carbocycles. The van der Waals surface area contributed by atoms with E-state index in [1.54, 1.807) is 11.0 Å². The smallest absolute Gasteiger partial charge is 0.254 e. The molecule has 1 saturated heterocycles. The van der Waals surface area contributed by atoms with Gasteiger partial charge in [0, 0.05) is 13.0 Å². The number of hydrogen-bond donors (Lipinski definition) is 2. The van der Waals surface area contributed by atoms with Crippen LogP contribution in [0.1, 0.15) is 22.5 Å². The van der Waals surface area contributed by atoms with Crippen molar-refractivity contribution < 1.29 is 18.7 Å².